The average Bonchev–Trinajstić information content (AvgIpc) is 3.30. The van der Waals surface area contributed by atoms with E-state index in [9.17, 15) is 9.59 Å². The standard InChI is InChI=1S/C18H20N6O2S2/c1-11-5-4-6-13(9-11)16(26)20-10-14-22-23-18(24(14)3)28-12(2)15(25)21-17-19-7-8-27-17/h4-9,12H,10H2,1-3H3,(H,20,26)(H,19,21,25)/t12-/m0/s1. The predicted molar refractivity (Wildman–Crippen MR) is 109 cm³/mol. The van der Waals surface area contributed by atoms with Crippen molar-refractivity contribution in [3.63, 3.8) is 0 Å². The van der Waals surface area contributed by atoms with Gasteiger partial charge in [0.1, 0.15) is 0 Å². The highest BCUT2D eigenvalue weighted by atomic mass is 32.2. The van der Waals surface area contributed by atoms with Gasteiger partial charge in [0, 0.05) is 24.2 Å². The summed E-state index contributed by atoms with van der Waals surface area (Å²) in [5.74, 6) is 0.283. The Balaban J connectivity index is 1.57. The highest BCUT2D eigenvalue weighted by Crippen LogP contribution is 2.23. The highest BCUT2D eigenvalue weighted by molar-refractivity contribution is 8.00. The molecule has 1 atom stereocenters. The number of aromatic nitrogens is 4. The molecule has 0 aliphatic heterocycles. The van der Waals surface area contributed by atoms with Gasteiger partial charge in [0.2, 0.25) is 5.91 Å². The molecule has 2 amide bonds. The van der Waals surface area contributed by atoms with Crippen LogP contribution in [0.5, 0.6) is 0 Å². The van der Waals surface area contributed by atoms with E-state index in [1.54, 1.807) is 29.1 Å². The van der Waals surface area contributed by atoms with E-state index in [0.29, 0.717) is 21.7 Å². The van der Waals surface area contributed by atoms with Crippen molar-refractivity contribution < 1.29 is 9.59 Å². The van der Waals surface area contributed by atoms with Gasteiger partial charge in [-0.3, -0.25) is 9.59 Å². The molecular weight excluding hydrogens is 396 g/mol. The van der Waals surface area contributed by atoms with Crippen LogP contribution in [-0.2, 0) is 18.4 Å². The number of aryl methyl sites for hydroxylation is 1. The topological polar surface area (TPSA) is 102 Å². The van der Waals surface area contributed by atoms with Crippen molar-refractivity contribution in [2.24, 2.45) is 7.05 Å². The quantitative estimate of drug-likeness (QED) is 0.574. The van der Waals surface area contributed by atoms with Crippen LogP contribution in [-0.4, -0.2) is 36.8 Å². The Morgan fingerprint density at radius 2 is 2.14 bits per heavy atom. The maximum atomic E-state index is 12.3. The van der Waals surface area contributed by atoms with Crippen LogP contribution in [0.15, 0.2) is 41.0 Å². The lowest BCUT2D eigenvalue weighted by Gasteiger charge is -2.10. The van der Waals surface area contributed by atoms with Crippen LogP contribution in [0, 0.1) is 6.92 Å². The molecule has 0 spiro atoms. The van der Waals surface area contributed by atoms with Crippen molar-refractivity contribution in [3.8, 4) is 0 Å². The molecule has 0 aliphatic rings. The van der Waals surface area contributed by atoms with Crippen LogP contribution >= 0.6 is 23.1 Å². The number of carbonyl (C=O) groups excluding carboxylic acids is 2. The van der Waals surface area contributed by atoms with Crippen molar-refractivity contribution in [2.45, 2.75) is 30.8 Å². The summed E-state index contributed by atoms with van der Waals surface area (Å²) in [5, 5.41) is 16.5. The number of hydrogen-bond donors (Lipinski definition) is 2. The summed E-state index contributed by atoms with van der Waals surface area (Å²) in [6, 6.07) is 7.38. The molecule has 2 heterocycles. The maximum absolute atomic E-state index is 12.3. The van der Waals surface area contributed by atoms with Crippen molar-refractivity contribution in [1.29, 1.82) is 0 Å². The second kappa shape index (κ2) is 8.98. The lowest BCUT2D eigenvalue weighted by atomic mass is 10.1. The monoisotopic (exact) mass is 416 g/mol. The first kappa shape index (κ1) is 20.0. The highest BCUT2D eigenvalue weighted by Gasteiger charge is 2.20. The Morgan fingerprint density at radius 3 is 2.86 bits per heavy atom. The van der Waals surface area contributed by atoms with E-state index in [4.69, 9.17) is 0 Å². The number of thioether (sulfide) groups is 1. The molecule has 0 saturated heterocycles. The van der Waals surface area contributed by atoms with Crippen molar-refractivity contribution in [3.05, 3.63) is 52.8 Å². The Bertz CT molecular complexity index is 970. The predicted octanol–water partition coefficient (Wildman–Crippen LogP) is 2.63. The van der Waals surface area contributed by atoms with Gasteiger partial charge in [0.15, 0.2) is 16.1 Å². The summed E-state index contributed by atoms with van der Waals surface area (Å²) >= 11 is 2.66. The molecule has 8 nitrogen and oxygen atoms in total. The molecule has 0 saturated carbocycles. The number of nitrogens with one attached hydrogen (secondary N) is 2. The van der Waals surface area contributed by atoms with Gasteiger partial charge in [-0.25, -0.2) is 4.98 Å². The van der Waals surface area contributed by atoms with Crippen molar-refractivity contribution in [2.75, 3.05) is 5.32 Å². The second-order valence-electron chi connectivity index (χ2n) is 6.10. The number of thiazole rings is 1. The minimum atomic E-state index is -0.374. The fourth-order valence-corrected chi connectivity index (χ4v) is 3.72. The zero-order valence-corrected chi connectivity index (χ0v) is 17.3. The summed E-state index contributed by atoms with van der Waals surface area (Å²) in [7, 11) is 1.81. The molecular formula is C18H20N6O2S2. The molecule has 28 heavy (non-hydrogen) atoms. The van der Waals surface area contributed by atoms with Crippen LogP contribution < -0.4 is 10.6 Å². The average molecular weight is 417 g/mol. The number of hydrogen-bond acceptors (Lipinski definition) is 7. The summed E-state index contributed by atoms with van der Waals surface area (Å²) in [4.78, 5) is 28.6. The molecule has 2 N–H and O–H groups in total. The first-order chi connectivity index (χ1) is 13.4. The molecule has 146 valence electrons. The van der Waals surface area contributed by atoms with Gasteiger partial charge in [0.25, 0.3) is 5.91 Å². The largest absolute Gasteiger partial charge is 0.345 e. The summed E-state index contributed by atoms with van der Waals surface area (Å²) in [5.41, 5.74) is 1.62. The summed E-state index contributed by atoms with van der Waals surface area (Å²) in [6.45, 7) is 3.98. The Hall–Kier alpha value is -2.72. The van der Waals surface area contributed by atoms with Crippen molar-refractivity contribution >= 4 is 40.0 Å². The lowest BCUT2D eigenvalue weighted by Crippen LogP contribution is -2.25. The number of rotatable bonds is 7. The zero-order valence-electron chi connectivity index (χ0n) is 15.7. The molecule has 3 rings (SSSR count). The smallest absolute Gasteiger partial charge is 0.251 e. The molecule has 0 fully saturated rings. The minimum absolute atomic E-state index is 0.155. The number of benzene rings is 1. The summed E-state index contributed by atoms with van der Waals surface area (Å²) in [6.07, 6.45) is 1.64. The van der Waals surface area contributed by atoms with Crippen LogP contribution in [0.25, 0.3) is 0 Å². The van der Waals surface area contributed by atoms with Gasteiger partial charge < -0.3 is 15.2 Å². The third-order valence-electron chi connectivity index (χ3n) is 3.93. The van der Waals surface area contributed by atoms with E-state index in [1.165, 1.54) is 23.1 Å². The molecule has 1 aromatic carbocycles. The third kappa shape index (κ3) is 4.96. The number of amides is 2. The van der Waals surface area contributed by atoms with Gasteiger partial charge in [-0.1, -0.05) is 29.5 Å². The molecule has 2 aromatic heterocycles. The first-order valence-electron chi connectivity index (χ1n) is 8.54. The van der Waals surface area contributed by atoms with Gasteiger partial charge in [0.05, 0.1) is 11.8 Å². The second-order valence-corrected chi connectivity index (χ2v) is 8.30. The lowest BCUT2D eigenvalue weighted by molar-refractivity contribution is -0.115. The SMILES string of the molecule is Cc1cccc(C(=O)NCc2nnc(S[C@@H](C)C(=O)Nc3nccs3)n2C)c1. The molecule has 0 aliphatic carbocycles. The van der Waals surface area contributed by atoms with Crippen LogP contribution in [0.3, 0.4) is 0 Å². The van der Waals surface area contributed by atoms with E-state index in [2.05, 4.69) is 25.8 Å². The Labute approximate surface area is 170 Å². The number of anilines is 1. The molecule has 0 unspecified atom stereocenters. The van der Waals surface area contributed by atoms with Crippen LogP contribution in [0.4, 0.5) is 5.13 Å². The van der Waals surface area contributed by atoms with E-state index in [0.717, 1.165) is 5.56 Å². The van der Waals surface area contributed by atoms with Crippen LogP contribution in [0.1, 0.15) is 28.7 Å². The van der Waals surface area contributed by atoms with Gasteiger partial charge in [-0.2, -0.15) is 0 Å². The fourth-order valence-electron chi connectivity index (χ4n) is 2.35. The molecule has 10 heteroatoms. The maximum Gasteiger partial charge on any atom is 0.251 e. The van der Waals surface area contributed by atoms with Gasteiger partial charge >= 0.3 is 0 Å². The third-order valence-corrected chi connectivity index (χ3v) is 5.75. The number of nitrogens with zero attached hydrogens (tertiary/aromatic N) is 4. The van der Waals surface area contributed by atoms with E-state index >= 15 is 0 Å². The van der Waals surface area contributed by atoms with E-state index in [1.807, 2.05) is 32.2 Å². The zero-order chi connectivity index (χ0) is 20.1. The van der Waals surface area contributed by atoms with Gasteiger partial charge in [-0.05, 0) is 26.0 Å². The fraction of sp³-hybridized carbons (Fsp3) is 0.278. The Morgan fingerprint density at radius 1 is 1.32 bits per heavy atom. The molecule has 0 radical (unpaired) electrons. The van der Waals surface area contributed by atoms with E-state index in [-0.39, 0.29) is 23.6 Å². The first-order valence-corrected chi connectivity index (χ1v) is 10.3. The van der Waals surface area contributed by atoms with Crippen molar-refractivity contribution in [1.82, 2.24) is 25.1 Å². The summed E-state index contributed by atoms with van der Waals surface area (Å²) < 4.78 is 1.77. The minimum Gasteiger partial charge on any atom is -0.345 e. The van der Waals surface area contributed by atoms with Crippen LogP contribution in [0.2, 0.25) is 0 Å². The molecule has 0 bridgehead atoms. The normalized spacial score (nSPS) is 11.8. The number of carbonyl (C=O) groups is 2. The van der Waals surface area contributed by atoms with Gasteiger partial charge in [-0.15, -0.1) is 21.5 Å². The molecule has 3 aromatic rings. The Kier molecular flexibility index (Phi) is 6.42. The van der Waals surface area contributed by atoms with E-state index < -0.39 is 0 Å².